The zero-order valence-corrected chi connectivity index (χ0v) is 12.4. The predicted octanol–water partition coefficient (Wildman–Crippen LogP) is 3.51. The minimum absolute atomic E-state index is 0.145. The molecule has 0 amide bonds. The quantitative estimate of drug-likeness (QED) is 0.362. The third-order valence-corrected chi connectivity index (χ3v) is 2.56. The van der Waals surface area contributed by atoms with Crippen LogP contribution < -0.4 is 0 Å². The summed E-state index contributed by atoms with van der Waals surface area (Å²) in [6.07, 6.45) is -9.25. The van der Waals surface area contributed by atoms with Crippen molar-refractivity contribution in [2.24, 2.45) is 0 Å². The highest BCUT2D eigenvalue weighted by Gasteiger charge is 2.81. The van der Waals surface area contributed by atoms with E-state index in [9.17, 15) is 49.1 Å². The van der Waals surface area contributed by atoms with Crippen LogP contribution in [-0.4, -0.2) is 49.1 Å². The fraction of sp³-hybridized carbons (Fsp3) is 0.667. The number of carbonyl (C=O) groups is 2. The molecule has 0 fully saturated rings. The van der Waals surface area contributed by atoms with Crippen molar-refractivity contribution in [1.82, 2.24) is 0 Å². The van der Waals surface area contributed by atoms with Gasteiger partial charge in [-0.3, -0.25) is 0 Å². The molecule has 146 valence electrons. The van der Waals surface area contributed by atoms with Crippen molar-refractivity contribution in [3.05, 3.63) is 12.2 Å². The van der Waals surface area contributed by atoms with Crippen LogP contribution in [-0.2, 0) is 19.1 Å². The van der Waals surface area contributed by atoms with Gasteiger partial charge in [0.25, 0.3) is 0 Å². The van der Waals surface area contributed by atoms with Crippen LogP contribution in [0.5, 0.6) is 0 Å². The van der Waals surface area contributed by atoms with Gasteiger partial charge in [-0.25, -0.2) is 9.59 Å². The van der Waals surface area contributed by atoms with E-state index in [1.807, 2.05) is 0 Å². The maximum absolute atomic E-state index is 13.1. The number of rotatable bonds is 8. The first-order valence-corrected chi connectivity index (χ1v) is 6.16. The molecule has 0 saturated carbocycles. The van der Waals surface area contributed by atoms with Crippen LogP contribution in [0.1, 0.15) is 13.3 Å². The third-order valence-electron chi connectivity index (χ3n) is 2.56. The predicted molar refractivity (Wildman–Crippen MR) is 62.2 cm³/mol. The molecule has 0 aliphatic heterocycles. The molecular formula is C12H11F9O4. The molecule has 0 bridgehead atoms. The summed E-state index contributed by atoms with van der Waals surface area (Å²) in [5.41, 5.74) is -0.145. The van der Waals surface area contributed by atoms with Crippen molar-refractivity contribution in [2.45, 2.75) is 37.3 Å². The highest BCUT2D eigenvalue weighted by atomic mass is 19.4. The first-order chi connectivity index (χ1) is 11.0. The minimum Gasteiger partial charge on any atom is -0.463 e. The van der Waals surface area contributed by atoms with Crippen LogP contribution in [0.3, 0.4) is 0 Å². The van der Waals surface area contributed by atoms with Gasteiger partial charge in [-0.1, -0.05) is 6.58 Å². The summed E-state index contributed by atoms with van der Waals surface area (Å²) in [6.45, 7) is 1.56. The third kappa shape index (κ3) is 5.26. The standard InChI is InChI=1S/C12H11F9O4/c1-6(2)8(23)25-5-7(22)24-4-3-9(13,14)10(15,16)11(17,18)12(19,20)21/h1,3-5H2,2H3. The summed E-state index contributed by atoms with van der Waals surface area (Å²) >= 11 is 0. The molecule has 0 aliphatic carbocycles. The molecule has 0 rings (SSSR count). The van der Waals surface area contributed by atoms with Gasteiger partial charge in [0.1, 0.15) is 0 Å². The first-order valence-electron chi connectivity index (χ1n) is 6.16. The molecule has 0 radical (unpaired) electrons. The van der Waals surface area contributed by atoms with Gasteiger partial charge < -0.3 is 9.47 Å². The second-order valence-corrected chi connectivity index (χ2v) is 4.68. The lowest BCUT2D eigenvalue weighted by atomic mass is 10.0. The number of halogens is 9. The average Bonchev–Trinajstić information content (AvgIpc) is 2.42. The highest BCUT2D eigenvalue weighted by molar-refractivity contribution is 5.88. The molecular weight excluding hydrogens is 379 g/mol. The summed E-state index contributed by atoms with van der Waals surface area (Å²) in [7, 11) is 0. The summed E-state index contributed by atoms with van der Waals surface area (Å²) in [6, 6.07) is 0. The molecule has 0 heterocycles. The molecule has 4 nitrogen and oxygen atoms in total. The monoisotopic (exact) mass is 390 g/mol. The van der Waals surface area contributed by atoms with Crippen molar-refractivity contribution in [3.8, 4) is 0 Å². The lowest BCUT2D eigenvalue weighted by Gasteiger charge is -2.33. The summed E-state index contributed by atoms with van der Waals surface area (Å²) in [4.78, 5) is 21.8. The van der Waals surface area contributed by atoms with E-state index in [0.29, 0.717) is 0 Å². The maximum atomic E-state index is 13.1. The molecule has 0 atom stereocenters. The minimum atomic E-state index is -7.01. The van der Waals surface area contributed by atoms with Crippen LogP contribution in [0.2, 0.25) is 0 Å². The van der Waals surface area contributed by atoms with Crippen molar-refractivity contribution >= 4 is 11.9 Å². The summed E-state index contributed by atoms with van der Waals surface area (Å²) in [5, 5.41) is 0. The van der Waals surface area contributed by atoms with Gasteiger partial charge in [0, 0.05) is 5.57 Å². The molecule has 25 heavy (non-hydrogen) atoms. The number of ether oxygens (including phenoxy) is 2. The molecule has 0 aromatic rings. The fourth-order valence-electron chi connectivity index (χ4n) is 1.15. The van der Waals surface area contributed by atoms with Gasteiger partial charge in [0.05, 0.1) is 13.0 Å². The normalized spacial score (nSPS) is 13.4. The van der Waals surface area contributed by atoms with Gasteiger partial charge >= 0.3 is 35.9 Å². The molecule has 0 N–H and O–H groups in total. The first kappa shape index (κ1) is 23.1. The van der Waals surface area contributed by atoms with Gasteiger partial charge in [-0.2, -0.15) is 39.5 Å². The van der Waals surface area contributed by atoms with E-state index < -0.39 is 55.5 Å². The molecule has 0 aromatic heterocycles. The molecule has 0 aromatic carbocycles. The average molecular weight is 390 g/mol. The van der Waals surface area contributed by atoms with Crippen LogP contribution in [0, 0.1) is 0 Å². The van der Waals surface area contributed by atoms with Crippen molar-refractivity contribution in [2.75, 3.05) is 13.2 Å². The van der Waals surface area contributed by atoms with E-state index in [4.69, 9.17) is 0 Å². The number of carbonyl (C=O) groups excluding carboxylic acids is 2. The zero-order chi connectivity index (χ0) is 20.3. The van der Waals surface area contributed by atoms with E-state index in [1.165, 1.54) is 6.92 Å². The zero-order valence-electron chi connectivity index (χ0n) is 12.4. The molecule has 0 unspecified atom stereocenters. The lowest BCUT2D eigenvalue weighted by Crippen LogP contribution is -2.61. The van der Waals surface area contributed by atoms with Crippen LogP contribution in [0.15, 0.2) is 12.2 Å². The van der Waals surface area contributed by atoms with Crippen LogP contribution in [0.4, 0.5) is 39.5 Å². The molecule has 0 spiro atoms. The largest absolute Gasteiger partial charge is 0.463 e. The number of alkyl halides is 9. The Morgan fingerprint density at radius 2 is 1.36 bits per heavy atom. The van der Waals surface area contributed by atoms with Crippen LogP contribution in [0.25, 0.3) is 0 Å². The molecule has 0 aliphatic rings. The van der Waals surface area contributed by atoms with Crippen LogP contribution >= 0.6 is 0 Å². The van der Waals surface area contributed by atoms with E-state index in [-0.39, 0.29) is 5.57 Å². The van der Waals surface area contributed by atoms with Crippen molar-refractivity contribution in [1.29, 1.82) is 0 Å². The number of hydrogen-bond donors (Lipinski definition) is 0. The Morgan fingerprint density at radius 3 is 1.76 bits per heavy atom. The van der Waals surface area contributed by atoms with Crippen molar-refractivity contribution in [3.63, 3.8) is 0 Å². The topological polar surface area (TPSA) is 52.6 Å². The number of esters is 2. The molecule has 0 saturated heterocycles. The Labute approximate surface area is 134 Å². The Balaban J connectivity index is 4.75. The van der Waals surface area contributed by atoms with Gasteiger partial charge in [-0.05, 0) is 6.92 Å². The Hall–Kier alpha value is -1.95. The van der Waals surface area contributed by atoms with E-state index in [0.717, 1.165) is 0 Å². The van der Waals surface area contributed by atoms with E-state index in [2.05, 4.69) is 16.1 Å². The van der Waals surface area contributed by atoms with E-state index in [1.54, 1.807) is 0 Å². The lowest BCUT2D eigenvalue weighted by molar-refractivity contribution is -0.397. The Morgan fingerprint density at radius 1 is 0.880 bits per heavy atom. The second-order valence-electron chi connectivity index (χ2n) is 4.68. The van der Waals surface area contributed by atoms with Gasteiger partial charge in [-0.15, -0.1) is 0 Å². The van der Waals surface area contributed by atoms with Gasteiger partial charge in [0.2, 0.25) is 0 Å². The maximum Gasteiger partial charge on any atom is 0.460 e. The SMILES string of the molecule is C=C(C)C(=O)OCC(=O)OCCC(F)(F)C(F)(F)C(F)(F)C(F)(F)F. The molecule has 13 heteroatoms. The second kappa shape index (κ2) is 7.52. The Kier molecular flexibility index (Phi) is 6.93. The highest BCUT2D eigenvalue weighted by Crippen LogP contribution is 2.53. The fourth-order valence-corrected chi connectivity index (χ4v) is 1.15. The van der Waals surface area contributed by atoms with Crippen molar-refractivity contribution < 1.29 is 58.6 Å². The number of hydrogen-bond acceptors (Lipinski definition) is 4. The summed E-state index contributed by atoms with van der Waals surface area (Å²) < 4.78 is 121. The van der Waals surface area contributed by atoms with E-state index >= 15 is 0 Å². The van der Waals surface area contributed by atoms with Gasteiger partial charge in [0.15, 0.2) is 6.61 Å². The summed E-state index contributed by atoms with van der Waals surface area (Å²) in [5.74, 6) is -22.2. The smallest absolute Gasteiger partial charge is 0.460 e. The Bertz CT molecular complexity index is 525.